The number of hydrogen-bond acceptors (Lipinski definition) is 5. The van der Waals surface area contributed by atoms with Gasteiger partial charge < -0.3 is 20.3 Å². The summed E-state index contributed by atoms with van der Waals surface area (Å²) in [7, 11) is 0. The molecule has 0 saturated carbocycles. The number of hydrogen-bond donors (Lipinski definition) is 3. The normalized spacial score (nSPS) is 12.8. The number of allylic oxidation sites excluding steroid dienone is 5. The average Bonchev–Trinajstić information content (AvgIpc) is 3.40. The third kappa shape index (κ3) is 59.3. The summed E-state index contributed by atoms with van der Waals surface area (Å²) in [4.78, 5) is 24.5. The molecule has 0 fully saturated rings. The molecule has 0 aliphatic heterocycles. The van der Waals surface area contributed by atoms with Crippen molar-refractivity contribution in [3.05, 3.63) is 36.5 Å². The molecule has 0 aliphatic carbocycles. The van der Waals surface area contributed by atoms with Gasteiger partial charge in [0.15, 0.2) is 0 Å². The molecule has 0 aromatic carbocycles. The van der Waals surface area contributed by atoms with Crippen LogP contribution in [0.1, 0.15) is 361 Å². The Kier molecular flexibility index (Phi) is 62.0. The molecule has 74 heavy (non-hydrogen) atoms. The Morgan fingerprint density at radius 1 is 0.378 bits per heavy atom. The first-order valence-electron chi connectivity index (χ1n) is 33.3. The quantitative estimate of drug-likeness (QED) is 0.0320. The number of esters is 1. The van der Waals surface area contributed by atoms with Crippen molar-refractivity contribution in [2.45, 2.75) is 373 Å². The Morgan fingerprint density at radius 2 is 0.676 bits per heavy atom. The van der Waals surface area contributed by atoms with Crippen molar-refractivity contribution in [1.82, 2.24) is 5.32 Å². The molecule has 2 atom stereocenters. The van der Waals surface area contributed by atoms with E-state index in [0.29, 0.717) is 19.4 Å². The first-order valence-corrected chi connectivity index (χ1v) is 33.3. The van der Waals surface area contributed by atoms with Gasteiger partial charge in [0.05, 0.1) is 25.4 Å². The SMILES string of the molecule is CCCCC/C=C\C/C=C\CCCCCCCC(=O)OCCCCCCCCCCCCCCCCCCCCCCCCCCCCCCC(=O)N[C@@H](CO)[C@H](O)/C=C/CCCCCCCCCCCCCC. The van der Waals surface area contributed by atoms with Crippen LogP contribution < -0.4 is 5.32 Å². The van der Waals surface area contributed by atoms with Gasteiger partial charge in [0.25, 0.3) is 0 Å². The summed E-state index contributed by atoms with van der Waals surface area (Å²) in [6.07, 6.45) is 80.7. The second kappa shape index (κ2) is 63.6. The van der Waals surface area contributed by atoms with Crippen LogP contribution in [0.3, 0.4) is 0 Å². The summed E-state index contributed by atoms with van der Waals surface area (Å²) in [5.41, 5.74) is 0. The number of carbonyl (C=O) groups is 2. The van der Waals surface area contributed by atoms with Crippen LogP contribution in [-0.2, 0) is 14.3 Å². The molecular weight excluding hydrogens is 911 g/mol. The van der Waals surface area contributed by atoms with E-state index in [2.05, 4.69) is 43.5 Å². The highest BCUT2D eigenvalue weighted by atomic mass is 16.5. The van der Waals surface area contributed by atoms with Crippen molar-refractivity contribution < 1.29 is 24.5 Å². The molecule has 436 valence electrons. The summed E-state index contributed by atoms with van der Waals surface area (Å²) in [6, 6.07) is -0.625. The Bertz CT molecular complexity index is 1200. The zero-order valence-corrected chi connectivity index (χ0v) is 49.8. The van der Waals surface area contributed by atoms with E-state index in [0.717, 1.165) is 51.4 Å². The zero-order valence-electron chi connectivity index (χ0n) is 49.8. The highest BCUT2D eigenvalue weighted by Crippen LogP contribution is 2.18. The molecule has 0 spiro atoms. The lowest BCUT2D eigenvalue weighted by Crippen LogP contribution is -2.45. The van der Waals surface area contributed by atoms with Crippen LogP contribution in [0.15, 0.2) is 36.5 Å². The van der Waals surface area contributed by atoms with Crippen molar-refractivity contribution in [2.24, 2.45) is 0 Å². The van der Waals surface area contributed by atoms with Gasteiger partial charge in [-0.2, -0.15) is 0 Å². The minimum absolute atomic E-state index is 0.00452. The maximum Gasteiger partial charge on any atom is 0.305 e. The molecule has 3 N–H and O–H groups in total. The summed E-state index contributed by atoms with van der Waals surface area (Å²) in [6.45, 7) is 4.89. The van der Waals surface area contributed by atoms with Gasteiger partial charge in [-0.1, -0.05) is 320 Å². The van der Waals surface area contributed by atoms with Crippen LogP contribution in [0.25, 0.3) is 0 Å². The van der Waals surface area contributed by atoms with E-state index in [1.807, 2.05) is 6.08 Å². The number of amides is 1. The fourth-order valence-electron chi connectivity index (χ4n) is 10.3. The van der Waals surface area contributed by atoms with Crippen molar-refractivity contribution in [1.29, 1.82) is 0 Å². The Labute approximate surface area is 462 Å². The average molecular weight is 1040 g/mol. The molecule has 0 aromatic rings. The fraction of sp³-hybridized carbons (Fsp3) is 0.882. The lowest BCUT2D eigenvalue weighted by Gasteiger charge is -2.20. The molecule has 0 unspecified atom stereocenters. The van der Waals surface area contributed by atoms with Crippen LogP contribution in [0.4, 0.5) is 0 Å². The van der Waals surface area contributed by atoms with Gasteiger partial charge in [0, 0.05) is 12.8 Å². The first-order chi connectivity index (χ1) is 36.5. The lowest BCUT2D eigenvalue weighted by molar-refractivity contribution is -0.143. The van der Waals surface area contributed by atoms with E-state index in [1.54, 1.807) is 6.08 Å². The Balaban J connectivity index is 3.36. The number of nitrogens with one attached hydrogen (secondary N) is 1. The minimum Gasteiger partial charge on any atom is -0.466 e. The molecule has 0 bridgehead atoms. The van der Waals surface area contributed by atoms with E-state index in [1.165, 1.54) is 283 Å². The van der Waals surface area contributed by atoms with Gasteiger partial charge in [-0.15, -0.1) is 0 Å². The maximum atomic E-state index is 12.5. The van der Waals surface area contributed by atoms with E-state index in [-0.39, 0.29) is 18.5 Å². The number of aliphatic hydroxyl groups is 2. The molecule has 0 radical (unpaired) electrons. The van der Waals surface area contributed by atoms with Gasteiger partial charge in [0.1, 0.15) is 0 Å². The molecule has 0 rings (SSSR count). The van der Waals surface area contributed by atoms with Gasteiger partial charge in [-0.3, -0.25) is 9.59 Å². The van der Waals surface area contributed by atoms with E-state index >= 15 is 0 Å². The largest absolute Gasteiger partial charge is 0.466 e. The predicted octanol–water partition coefficient (Wildman–Crippen LogP) is 21.1. The highest BCUT2D eigenvalue weighted by molar-refractivity contribution is 5.76. The van der Waals surface area contributed by atoms with Crippen molar-refractivity contribution in [3.63, 3.8) is 0 Å². The minimum atomic E-state index is -0.842. The first kappa shape index (κ1) is 72.1. The van der Waals surface area contributed by atoms with Crippen LogP contribution in [0.5, 0.6) is 0 Å². The molecule has 6 heteroatoms. The van der Waals surface area contributed by atoms with Gasteiger partial charge in [-0.05, 0) is 64.2 Å². The van der Waals surface area contributed by atoms with Crippen molar-refractivity contribution in [3.8, 4) is 0 Å². The van der Waals surface area contributed by atoms with Crippen molar-refractivity contribution >= 4 is 11.9 Å². The fourth-order valence-corrected chi connectivity index (χ4v) is 10.3. The number of aliphatic hydroxyl groups excluding tert-OH is 2. The smallest absolute Gasteiger partial charge is 0.305 e. The number of carbonyl (C=O) groups excluding carboxylic acids is 2. The van der Waals surface area contributed by atoms with Gasteiger partial charge in [0.2, 0.25) is 5.91 Å². The van der Waals surface area contributed by atoms with E-state index in [9.17, 15) is 19.8 Å². The second-order valence-electron chi connectivity index (χ2n) is 22.8. The van der Waals surface area contributed by atoms with E-state index < -0.39 is 12.1 Å². The molecule has 1 amide bonds. The van der Waals surface area contributed by atoms with Crippen molar-refractivity contribution in [2.75, 3.05) is 13.2 Å². The Morgan fingerprint density at radius 3 is 1.05 bits per heavy atom. The lowest BCUT2D eigenvalue weighted by atomic mass is 10.0. The topological polar surface area (TPSA) is 95.9 Å². The predicted molar refractivity (Wildman–Crippen MR) is 324 cm³/mol. The third-order valence-electron chi connectivity index (χ3n) is 15.4. The zero-order chi connectivity index (χ0) is 53.6. The van der Waals surface area contributed by atoms with Crippen LogP contribution in [0.2, 0.25) is 0 Å². The standard InChI is InChI=1S/C68H129NO5/c1-3-5-7-9-11-13-15-17-33-38-42-46-50-54-58-62-68(73)74-63-59-55-51-47-43-39-35-32-30-28-26-24-22-20-19-21-23-25-27-29-31-34-37-41-45-49-53-57-61-67(72)69-65(64-70)66(71)60-56-52-48-44-40-36-18-16-14-12-10-8-6-4-2/h11,13,17,33,56,60,65-66,70-71H,3-10,12,14-16,18-32,34-55,57-59,61-64H2,1-2H3,(H,69,72)/b13-11-,33-17-,60-56+/t65-,66+/m0/s1. The molecule has 0 saturated heterocycles. The summed E-state index contributed by atoms with van der Waals surface area (Å²) in [5, 5.41) is 23.1. The molecule has 0 aliphatic rings. The third-order valence-corrected chi connectivity index (χ3v) is 15.4. The summed E-state index contributed by atoms with van der Waals surface area (Å²) >= 11 is 0. The summed E-state index contributed by atoms with van der Waals surface area (Å²) < 4.78 is 5.48. The van der Waals surface area contributed by atoms with Crippen LogP contribution in [-0.4, -0.2) is 47.4 Å². The van der Waals surface area contributed by atoms with E-state index in [4.69, 9.17) is 4.74 Å². The van der Waals surface area contributed by atoms with Gasteiger partial charge in [-0.25, -0.2) is 0 Å². The molecular formula is C68H129NO5. The summed E-state index contributed by atoms with van der Waals surface area (Å²) in [5.74, 6) is -0.0591. The number of rotatable bonds is 62. The second-order valence-corrected chi connectivity index (χ2v) is 22.8. The van der Waals surface area contributed by atoms with Crippen LogP contribution >= 0.6 is 0 Å². The monoisotopic (exact) mass is 1040 g/mol. The molecule has 0 aromatic heterocycles. The maximum absolute atomic E-state index is 12.5. The molecule has 6 nitrogen and oxygen atoms in total. The number of unbranched alkanes of at least 4 members (excludes halogenated alkanes) is 47. The number of ether oxygens (including phenoxy) is 1. The molecule has 0 heterocycles. The van der Waals surface area contributed by atoms with Crippen LogP contribution in [0, 0.1) is 0 Å². The Hall–Kier alpha value is -1.92. The van der Waals surface area contributed by atoms with Gasteiger partial charge >= 0.3 is 5.97 Å². The highest BCUT2D eigenvalue weighted by Gasteiger charge is 2.18.